The second-order valence-electron chi connectivity index (χ2n) is 2.25. The minimum Gasteiger partial charge on any atom is -0.783 e. The summed E-state index contributed by atoms with van der Waals surface area (Å²) in [6.07, 6.45) is 0. The number of nitrogens with one attached hydrogen (secondary N) is 1. The van der Waals surface area contributed by atoms with E-state index in [2.05, 4.69) is 5.48 Å². The Labute approximate surface area is 55.3 Å². The van der Waals surface area contributed by atoms with Gasteiger partial charge in [0, 0.05) is 7.05 Å². The normalized spacial score (nSPS) is 12.7. The van der Waals surface area contributed by atoms with Crippen LogP contribution in [0, 0.1) is 5.21 Å². The number of hydrogen-bond donors (Lipinski definition) is 1. The van der Waals surface area contributed by atoms with Crippen LogP contribution in [-0.2, 0) is 4.84 Å². The molecule has 0 aliphatic rings. The van der Waals surface area contributed by atoms with Crippen LogP contribution < -0.4 is 5.48 Å². The van der Waals surface area contributed by atoms with Gasteiger partial charge >= 0.3 is 0 Å². The molecule has 56 valence electrons. The molecule has 0 aromatic rings. The van der Waals surface area contributed by atoms with Gasteiger partial charge in [0.1, 0.15) is 5.72 Å². The molecule has 4 nitrogen and oxygen atoms in total. The summed E-state index contributed by atoms with van der Waals surface area (Å²) < 4.78 is 0. The first-order valence-corrected chi connectivity index (χ1v) is 2.76. The number of rotatable bonds is 3. The highest BCUT2D eigenvalue weighted by Crippen LogP contribution is 2.09. The quantitative estimate of drug-likeness (QED) is 0.444. The van der Waals surface area contributed by atoms with Crippen LogP contribution in [0.2, 0.25) is 0 Å². The Bertz CT molecular complexity index is 83.0. The Morgan fingerprint density at radius 2 is 2.00 bits per heavy atom. The maximum atomic E-state index is 10.6. The Balaban J connectivity index is 3.70. The van der Waals surface area contributed by atoms with Crippen LogP contribution in [0.5, 0.6) is 0 Å². The second kappa shape index (κ2) is 3.12. The Morgan fingerprint density at radius 1 is 1.56 bits per heavy atom. The summed E-state index contributed by atoms with van der Waals surface area (Å²) in [5, 5.41) is 11.3. The summed E-state index contributed by atoms with van der Waals surface area (Å²) >= 11 is 0. The first-order chi connectivity index (χ1) is 4.00. The van der Waals surface area contributed by atoms with Crippen LogP contribution in [0.4, 0.5) is 0 Å². The summed E-state index contributed by atoms with van der Waals surface area (Å²) in [5.41, 5.74) is 1.66. The fourth-order valence-corrected chi connectivity index (χ4v) is 0.314. The van der Waals surface area contributed by atoms with Crippen molar-refractivity contribution in [3.63, 3.8) is 0 Å². The van der Waals surface area contributed by atoms with Gasteiger partial charge in [0.15, 0.2) is 0 Å². The van der Waals surface area contributed by atoms with Gasteiger partial charge in [-0.2, -0.15) is 0 Å². The molecule has 0 rings (SSSR count). The number of hydrogen-bond acceptors (Lipinski definition) is 4. The van der Waals surface area contributed by atoms with E-state index in [1.807, 2.05) is 0 Å². The van der Waals surface area contributed by atoms with Crippen LogP contribution in [0.3, 0.4) is 0 Å². The Morgan fingerprint density at radius 3 is 2.11 bits per heavy atom. The van der Waals surface area contributed by atoms with Crippen molar-refractivity contribution in [3.8, 4) is 0 Å². The zero-order valence-corrected chi connectivity index (χ0v) is 6.26. The van der Waals surface area contributed by atoms with Crippen molar-refractivity contribution >= 4 is 0 Å². The van der Waals surface area contributed by atoms with E-state index in [9.17, 15) is 5.21 Å². The van der Waals surface area contributed by atoms with Crippen molar-refractivity contribution in [2.24, 2.45) is 0 Å². The van der Waals surface area contributed by atoms with Gasteiger partial charge in [0.2, 0.25) is 0 Å². The zero-order chi connectivity index (χ0) is 7.49. The van der Waals surface area contributed by atoms with Gasteiger partial charge in [-0.3, -0.25) is 4.84 Å². The van der Waals surface area contributed by atoms with Gasteiger partial charge in [-0.05, 0) is 20.9 Å². The predicted octanol–water partition coefficient (Wildman–Crippen LogP) is 0.303. The van der Waals surface area contributed by atoms with Gasteiger partial charge in [-0.1, -0.05) is 0 Å². The van der Waals surface area contributed by atoms with Gasteiger partial charge < -0.3 is 10.3 Å². The maximum Gasteiger partial charge on any atom is 0.125 e. The van der Waals surface area contributed by atoms with E-state index >= 15 is 0 Å². The van der Waals surface area contributed by atoms with Crippen molar-refractivity contribution < 1.29 is 4.84 Å². The van der Waals surface area contributed by atoms with E-state index in [0.29, 0.717) is 0 Å². The third-order valence-electron chi connectivity index (χ3n) is 1.11. The molecular formula is C5H13N2O2-. The number of hydroxylamine groups is 3. The van der Waals surface area contributed by atoms with Crippen LogP contribution >= 0.6 is 0 Å². The lowest BCUT2D eigenvalue weighted by Crippen LogP contribution is -2.42. The van der Waals surface area contributed by atoms with Crippen LogP contribution in [-0.4, -0.2) is 24.9 Å². The highest BCUT2D eigenvalue weighted by Gasteiger charge is 2.16. The minimum atomic E-state index is -0.783. The molecule has 0 atom stereocenters. The lowest BCUT2D eigenvalue weighted by Gasteiger charge is -2.39. The van der Waals surface area contributed by atoms with E-state index in [-0.39, 0.29) is 0 Å². The van der Waals surface area contributed by atoms with Gasteiger partial charge in [0.25, 0.3) is 0 Å². The lowest BCUT2D eigenvalue weighted by atomic mass is 10.3. The standard InChI is InChI=1S/C5H13N2O2/c1-5(2,7(4)8)9-6-3/h6H,1-4H3/q-1. The maximum absolute atomic E-state index is 10.6. The topological polar surface area (TPSA) is 47.6 Å². The summed E-state index contributed by atoms with van der Waals surface area (Å²) in [7, 11) is 3.03. The van der Waals surface area contributed by atoms with Crippen molar-refractivity contribution in [2.75, 3.05) is 14.1 Å². The first kappa shape index (κ1) is 8.84. The Hall–Kier alpha value is -0.160. The van der Waals surface area contributed by atoms with E-state index in [1.165, 1.54) is 7.05 Å². The highest BCUT2D eigenvalue weighted by atomic mass is 16.7. The molecule has 0 spiro atoms. The van der Waals surface area contributed by atoms with Crippen LogP contribution in [0.1, 0.15) is 13.8 Å². The smallest absolute Gasteiger partial charge is 0.125 e. The van der Waals surface area contributed by atoms with Gasteiger partial charge in [-0.15, -0.1) is 0 Å². The summed E-state index contributed by atoms with van der Waals surface area (Å²) in [6, 6.07) is 0. The molecule has 0 unspecified atom stereocenters. The highest BCUT2D eigenvalue weighted by molar-refractivity contribution is 4.66. The summed E-state index contributed by atoms with van der Waals surface area (Å²) in [5.74, 6) is 0. The third kappa shape index (κ3) is 2.76. The van der Waals surface area contributed by atoms with Gasteiger partial charge in [-0.25, -0.2) is 5.48 Å². The fraction of sp³-hybridized carbons (Fsp3) is 1.00. The van der Waals surface area contributed by atoms with Crippen LogP contribution in [0.25, 0.3) is 0 Å². The fourth-order valence-electron chi connectivity index (χ4n) is 0.314. The van der Waals surface area contributed by atoms with Crippen molar-refractivity contribution in [3.05, 3.63) is 5.21 Å². The molecule has 0 aromatic heterocycles. The van der Waals surface area contributed by atoms with Crippen molar-refractivity contribution in [1.29, 1.82) is 0 Å². The first-order valence-electron chi connectivity index (χ1n) is 2.76. The molecule has 4 heteroatoms. The van der Waals surface area contributed by atoms with Crippen molar-refractivity contribution in [2.45, 2.75) is 19.6 Å². The molecule has 0 aliphatic heterocycles. The van der Waals surface area contributed by atoms with Crippen LogP contribution in [0.15, 0.2) is 0 Å². The second-order valence-corrected chi connectivity index (χ2v) is 2.25. The molecule has 0 aliphatic carbocycles. The molecule has 0 aromatic carbocycles. The molecule has 0 radical (unpaired) electrons. The molecule has 9 heavy (non-hydrogen) atoms. The van der Waals surface area contributed by atoms with E-state index in [4.69, 9.17) is 4.84 Å². The van der Waals surface area contributed by atoms with E-state index in [0.717, 1.165) is 5.06 Å². The molecule has 0 saturated heterocycles. The molecule has 0 saturated carbocycles. The molecule has 0 heterocycles. The number of nitrogens with zero attached hydrogens (tertiary/aromatic N) is 1. The molecule has 0 bridgehead atoms. The SMILES string of the molecule is CNOC(C)(C)N(C)[O-]. The van der Waals surface area contributed by atoms with Crippen molar-refractivity contribution in [1.82, 2.24) is 10.5 Å². The monoisotopic (exact) mass is 133 g/mol. The van der Waals surface area contributed by atoms with E-state index < -0.39 is 5.72 Å². The largest absolute Gasteiger partial charge is 0.783 e. The predicted molar refractivity (Wildman–Crippen MR) is 35.4 cm³/mol. The average Bonchev–Trinajstić information content (AvgIpc) is 1.65. The van der Waals surface area contributed by atoms with E-state index in [1.54, 1.807) is 20.9 Å². The lowest BCUT2D eigenvalue weighted by molar-refractivity contribution is -0.144. The molecule has 1 N–H and O–H groups in total. The molecular weight excluding hydrogens is 120 g/mol. The summed E-state index contributed by atoms with van der Waals surface area (Å²) in [4.78, 5) is 4.85. The Kier molecular flexibility index (Phi) is 3.07. The molecule has 0 amide bonds. The molecule has 0 fully saturated rings. The average molecular weight is 133 g/mol. The van der Waals surface area contributed by atoms with Gasteiger partial charge in [0.05, 0.1) is 0 Å². The third-order valence-corrected chi connectivity index (χ3v) is 1.11. The summed E-state index contributed by atoms with van der Waals surface area (Å²) in [6.45, 7) is 3.35. The zero-order valence-electron chi connectivity index (χ0n) is 6.26. The minimum absolute atomic E-state index is 0.740.